The van der Waals surface area contributed by atoms with E-state index >= 15 is 0 Å². The highest BCUT2D eigenvalue weighted by Crippen LogP contribution is 2.15. The molecule has 1 unspecified atom stereocenters. The Morgan fingerprint density at radius 1 is 1.46 bits per heavy atom. The fourth-order valence-corrected chi connectivity index (χ4v) is 1.12. The third-order valence-electron chi connectivity index (χ3n) is 1.77. The first-order valence-electron chi connectivity index (χ1n) is 3.93. The number of hydrogen-bond acceptors (Lipinski definition) is 3. The average Bonchev–Trinajstić information content (AvgIpc) is 2.15. The lowest BCUT2D eigenvalue weighted by Crippen LogP contribution is -2.13. The molecule has 0 aliphatic rings. The summed E-state index contributed by atoms with van der Waals surface area (Å²) in [5, 5.41) is 10.3. The van der Waals surface area contributed by atoms with Gasteiger partial charge in [-0.3, -0.25) is 10.1 Å². The molecule has 0 aliphatic heterocycles. The van der Waals surface area contributed by atoms with Gasteiger partial charge in [0.15, 0.2) is 0 Å². The van der Waals surface area contributed by atoms with Crippen molar-refractivity contribution >= 4 is 0 Å². The van der Waals surface area contributed by atoms with Gasteiger partial charge in [-0.05, 0) is 5.56 Å². The van der Waals surface area contributed by atoms with Gasteiger partial charge in [0.1, 0.15) is 6.10 Å². The van der Waals surface area contributed by atoms with Gasteiger partial charge in [-0.1, -0.05) is 30.3 Å². The zero-order valence-electron chi connectivity index (χ0n) is 7.34. The molecule has 4 heteroatoms. The van der Waals surface area contributed by atoms with Crippen LogP contribution in [0.5, 0.6) is 0 Å². The second kappa shape index (κ2) is 4.57. The lowest BCUT2D eigenvalue weighted by atomic mass is 10.1. The molecule has 13 heavy (non-hydrogen) atoms. The summed E-state index contributed by atoms with van der Waals surface area (Å²) in [6, 6.07) is 9.17. The summed E-state index contributed by atoms with van der Waals surface area (Å²) in [6.07, 6.45) is -0.448. The summed E-state index contributed by atoms with van der Waals surface area (Å²) in [5.41, 5.74) is 0.835. The fourth-order valence-electron chi connectivity index (χ4n) is 1.12. The van der Waals surface area contributed by atoms with Crippen molar-refractivity contribution in [1.29, 1.82) is 0 Å². The Morgan fingerprint density at radius 3 is 2.54 bits per heavy atom. The summed E-state index contributed by atoms with van der Waals surface area (Å²) < 4.78 is 5.01. The van der Waals surface area contributed by atoms with Gasteiger partial charge in [0, 0.05) is 12.0 Å². The Morgan fingerprint density at radius 2 is 2.08 bits per heavy atom. The van der Waals surface area contributed by atoms with Crippen molar-refractivity contribution in [2.24, 2.45) is 0 Å². The highest BCUT2D eigenvalue weighted by atomic mass is 16.6. The Bertz CT molecular complexity index is 273. The van der Waals surface area contributed by atoms with Gasteiger partial charge in [-0.15, -0.1) is 0 Å². The summed E-state index contributed by atoms with van der Waals surface area (Å²) in [4.78, 5) is 9.89. The monoisotopic (exact) mass is 181 g/mol. The number of hydrogen-bond donors (Lipinski definition) is 0. The molecule has 0 aromatic heterocycles. The third kappa shape index (κ3) is 2.83. The first-order chi connectivity index (χ1) is 6.24. The first kappa shape index (κ1) is 9.67. The van der Waals surface area contributed by atoms with Crippen molar-refractivity contribution in [2.75, 3.05) is 13.7 Å². The van der Waals surface area contributed by atoms with Gasteiger partial charge in [0.25, 0.3) is 0 Å². The van der Waals surface area contributed by atoms with E-state index in [0.29, 0.717) is 0 Å². The SMILES string of the molecule is COC(C[N+](=O)[O-])c1ccccc1. The molecule has 0 amide bonds. The molecular weight excluding hydrogens is 170 g/mol. The van der Waals surface area contributed by atoms with E-state index in [1.54, 1.807) is 0 Å². The molecule has 1 aromatic carbocycles. The normalized spacial score (nSPS) is 12.4. The molecular formula is C9H11NO3. The lowest BCUT2D eigenvalue weighted by molar-refractivity contribution is -0.492. The first-order valence-corrected chi connectivity index (χ1v) is 3.93. The highest BCUT2D eigenvalue weighted by molar-refractivity contribution is 5.17. The predicted octanol–water partition coefficient (Wildman–Crippen LogP) is 1.65. The maximum Gasteiger partial charge on any atom is 0.233 e. The quantitative estimate of drug-likeness (QED) is 0.524. The fraction of sp³-hybridized carbons (Fsp3) is 0.333. The molecule has 1 atom stereocenters. The second-order valence-corrected chi connectivity index (χ2v) is 2.65. The van der Waals surface area contributed by atoms with Crippen LogP contribution >= 0.6 is 0 Å². The number of rotatable bonds is 4. The smallest absolute Gasteiger partial charge is 0.233 e. The third-order valence-corrected chi connectivity index (χ3v) is 1.77. The van der Waals surface area contributed by atoms with Crippen LogP contribution in [0.15, 0.2) is 30.3 Å². The molecule has 0 saturated carbocycles. The van der Waals surface area contributed by atoms with E-state index < -0.39 is 6.10 Å². The maximum atomic E-state index is 10.3. The predicted molar refractivity (Wildman–Crippen MR) is 48.1 cm³/mol. The Labute approximate surface area is 76.3 Å². The molecule has 1 rings (SSSR count). The van der Waals surface area contributed by atoms with Crippen molar-refractivity contribution < 1.29 is 9.66 Å². The van der Waals surface area contributed by atoms with Gasteiger partial charge in [-0.25, -0.2) is 0 Å². The van der Waals surface area contributed by atoms with Crippen LogP contribution < -0.4 is 0 Å². The van der Waals surface area contributed by atoms with Crippen molar-refractivity contribution in [3.05, 3.63) is 46.0 Å². The zero-order valence-corrected chi connectivity index (χ0v) is 7.34. The van der Waals surface area contributed by atoms with Crippen LogP contribution in [-0.4, -0.2) is 18.6 Å². The van der Waals surface area contributed by atoms with E-state index in [1.807, 2.05) is 30.3 Å². The van der Waals surface area contributed by atoms with Crippen LogP contribution in [0.3, 0.4) is 0 Å². The van der Waals surface area contributed by atoms with Gasteiger partial charge in [-0.2, -0.15) is 0 Å². The molecule has 0 aliphatic carbocycles. The molecule has 1 aromatic rings. The van der Waals surface area contributed by atoms with Gasteiger partial charge in [0.2, 0.25) is 6.54 Å². The van der Waals surface area contributed by atoms with E-state index in [4.69, 9.17) is 4.74 Å². The van der Waals surface area contributed by atoms with Gasteiger partial charge >= 0.3 is 0 Å². The van der Waals surface area contributed by atoms with Crippen molar-refractivity contribution in [1.82, 2.24) is 0 Å². The minimum atomic E-state index is -0.448. The summed E-state index contributed by atoms with van der Waals surface area (Å²) in [7, 11) is 1.47. The van der Waals surface area contributed by atoms with Crippen LogP contribution in [0.2, 0.25) is 0 Å². The van der Waals surface area contributed by atoms with Crippen LogP contribution in [0, 0.1) is 10.1 Å². The largest absolute Gasteiger partial charge is 0.370 e. The maximum absolute atomic E-state index is 10.3. The van der Waals surface area contributed by atoms with E-state index in [-0.39, 0.29) is 11.5 Å². The summed E-state index contributed by atoms with van der Waals surface area (Å²) in [6.45, 7) is -0.194. The topological polar surface area (TPSA) is 52.4 Å². The van der Waals surface area contributed by atoms with Crippen LogP contribution in [0.25, 0.3) is 0 Å². The zero-order chi connectivity index (χ0) is 9.68. The van der Waals surface area contributed by atoms with Gasteiger partial charge < -0.3 is 4.74 Å². The number of ether oxygens (including phenoxy) is 1. The molecule has 0 N–H and O–H groups in total. The Kier molecular flexibility index (Phi) is 3.40. The molecule has 4 nitrogen and oxygen atoms in total. The second-order valence-electron chi connectivity index (χ2n) is 2.65. The number of benzene rings is 1. The van der Waals surface area contributed by atoms with E-state index in [9.17, 15) is 10.1 Å². The van der Waals surface area contributed by atoms with Crippen LogP contribution in [0.4, 0.5) is 0 Å². The van der Waals surface area contributed by atoms with E-state index in [0.717, 1.165) is 5.56 Å². The number of nitro groups is 1. The van der Waals surface area contributed by atoms with Crippen molar-refractivity contribution in [3.63, 3.8) is 0 Å². The van der Waals surface area contributed by atoms with E-state index in [1.165, 1.54) is 7.11 Å². The minimum absolute atomic E-state index is 0.194. The standard InChI is InChI=1S/C9H11NO3/c1-13-9(7-10(11)12)8-5-3-2-4-6-8/h2-6,9H,7H2,1H3. The molecule has 0 fully saturated rings. The lowest BCUT2D eigenvalue weighted by Gasteiger charge is -2.10. The summed E-state index contributed by atoms with van der Waals surface area (Å²) in [5.74, 6) is 0. The molecule has 0 heterocycles. The van der Waals surface area contributed by atoms with Gasteiger partial charge in [0.05, 0.1) is 0 Å². The Hall–Kier alpha value is -1.42. The summed E-state index contributed by atoms with van der Waals surface area (Å²) >= 11 is 0. The van der Waals surface area contributed by atoms with Crippen LogP contribution in [0.1, 0.15) is 11.7 Å². The molecule has 0 bridgehead atoms. The van der Waals surface area contributed by atoms with Crippen LogP contribution in [-0.2, 0) is 4.74 Å². The van der Waals surface area contributed by atoms with Crippen molar-refractivity contribution in [3.8, 4) is 0 Å². The molecule has 0 radical (unpaired) electrons. The molecule has 0 spiro atoms. The van der Waals surface area contributed by atoms with E-state index in [2.05, 4.69) is 0 Å². The molecule has 0 saturated heterocycles. The van der Waals surface area contributed by atoms with Crippen molar-refractivity contribution in [2.45, 2.75) is 6.10 Å². The Balaban J connectivity index is 2.73. The molecule has 70 valence electrons. The minimum Gasteiger partial charge on any atom is -0.370 e. The average molecular weight is 181 g/mol. The number of methoxy groups -OCH3 is 1. The highest BCUT2D eigenvalue weighted by Gasteiger charge is 2.15. The number of nitrogens with zero attached hydrogens (tertiary/aromatic N) is 1.